The van der Waals surface area contributed by atoms with Crippen molar-refractivity contribution in [2.45, 2.75) is 75.8 Å². The van der Waals surface area contributed by atoms with E-state index in [1.807, 2.05) is 39.0 Å². The molecule has 4 rings (SSSR count). The summed E-state index contributed by atoms with van der Waals surface area (Å²) in [6.07, 6.45) is 4.10. The van der Waals surface area contributed by atoms with E-state index in [4.69, 9.17) is 9.47 Å². The Morgan fingerprint density at radius 3 is 2.60 bits per heavy atom. The molecule has 1 fully saturated rings. The van der Waals surface area contributed by atoms with Crippen LogP contribution in [0.3, 0.4) is 0 Å². The van der Waals surface area contributed by atoms with Crippen LogP contribution in [0.2, 0.25) is 0 Å². The molecule has 0 aliphatic carbocycles. The van der Waals surface area contributed by atoms with E-state index in [0.29, 0.717) is 37.2 Å². The number of nitrogens with zero attached hydrogens (tertiary/aromatic N) is 1. The standard InChI is InChI=1S/C27H36N2O5S/c1-19-8-11-22-23(18-27(2,3)34-25(22)16-19)28-26(30)13-9-20-17-21(10-12-24(20)33-4)35(31,32)29-14-6-5-7-15-29/h8,10-12,16-17,23H,5-7,9,13-15,18H2,1-4H3,(H,28,30)/t23-/m1/s1. The normalized spacial score (nSPS) is 19.9. The van der Waals surface area contributed by atoms with Crippen molar-refractivity contribution < 1.29 is 22.7 Å². The van der Waals surface area contributed by atoms with Crippen LogP contribution in [0.1, 0.15) is 68.7 Å². The molecule has 1 amide bonds. The second-order valence-corrected chi connectivity index (χ2v) is 12.1. The number of aryl methyl sites for hydroxylation is 2. The molecule has 0 bridgehead atoms. The van der Waals surface area contributed by atoms with Gasteiger partial charge in [-0.2, -0.15) is 4.31 Å². The molecular weight excluding hydrogens is 464 g/mol. The third kappa shape index (κ3) is 5.81. The smallest absolute Gasteiger partial charge is 0.243 e. The van der Waals surface area contributed by atoms with Crippen molar-refractivity contribution in [3.8, 4) is 11.5 Å². The average Bonchev–Trinajstić information content (AvgIpc) is 2.82. The Balaban J connectivity index is 1.47. The lowest BCUT2D eigenvalue weighted by Crippen LogP contribution is -2.41. The average molecular weight is 501 g/mol. The Bertz CT molecular complexity index is 1190. The van der Waals surface area contributed by atoms with Gasteiger partial charge in [-0.05, 0) is 75.4 Å². The fourth-order valence-corrected chi connectivity index (χ4v) is 6.54. The molecule has 0 saturated carbocycles. The molecule has 8 heteroatoms. The van der Waals surface area contributed by atoms with Crippen LogP contribution < -0.4 is 14.8 Å². The zero-order chi connectivity index (χ0) is 25.2. The van der Waals surface area contributed by atoms with Gasteiger partial charge >= 0.3 is 0 Å². The third-order valence-electron chi connectivity index (χ3n) is 6.79. The molecule has 0 unspecified atom stereocenters. The van der Waals surface area contributed by atoms with E-state index < -0.39 is 10.0 Å². The number of piperidine rings is 1. The number of sulfonamides is 1. The van der Waals surface area contributed by atoms with Gasteiger partial charge < -0.3 is 14.8 Å². The number of rotatable bonds is 7. The molecule has 7 nitrogen and oxygen atoms in total. The number of methoxy groups -OCH3 is 1. The summed E-state index contributed by atoms with van der Waals surface area (Å²) in [5, 5.41) is 3.17. The van der Waals surface area contributed by atoms with Crippen LogP contribution >= 0.6 is 0 Å². The van der Waals surface area contributed by atoms with Crippen LogP contribution in [0.25, 0.3) is 0 Å². The second kappa shape index (κ2) is 10.2. The minimum Gasteiger partial charge on any atom is -0.496 e. The van der Waals surface area contributed by atoms with Crippen LogP contribution in [-0.2, 0) is 21.2 Å². The van der Waals surface area contributed by atoms with Crippen molar-refractivity contribution in [2.75, 3.05) is 20.2 Å². The number of hydrogen-bond acceptors (Lipinski definition) is 5. The largest absolute Gasteiger partial charge is 0.496 e. The molecule has 2 aliphatic heterocycles. The number of fused-ring (bicyclic) bond motifs is 1. The third-order valence-corrected chi connectivity index (χ3v) is 8.68. The zero-order valence-electron chi connectivity index (χ0n) is 21.1. The first-order valence-corrected chi connectivity index (χ1v) is 13.8. The van der Waals surface area contributed by atoms with Gasteiger partial charge in [0.15, 0.2) is 0 Å². The van der Waals surface area contributed by atoms with Crippen LogP contribution in [0.5, 0.6) is 11.5 Å². The van der Waals surface area contributed by atoms with Crippen molar-refractivity contribution in [3.05, 3.63) is 53.1 Å². The molecule has 2 heterocycles. The van der Waals surface area contributed by atoms with Crippen LogP contribution in [0.4, 0.5) is 0 Å². The summed E-state index contributed by atoms with van der Waals surface area (Å²) in [7, 11) is -2.00. The van der Waals surface area contributed by atoms with Gasteiger partial charge in [0, 0.05) is 31.5 Å². The summed E-state index contributed by atoms with van der Waals surface area (Å²) in [6, 6.07) is 10.8. The minimum absolute atomic E-state index is 0.0921. The SMILES string of the molecule is COc1ccc(S(=O)(=O)N2CCCCC2)cc1CCC(=O)N[C@@H]1CC(C)(C)Oc2cc(C)ccc21. The van der Waals surface area contributed by atoms with E-state index in [1.54, 1.807) is 29.6 Å². The number of nitrogens with one attached hydrogen (secondary N) is 1. The quantitative estimate of drug-likeness (QED) is 0.604. The maximum absolute atomic E-state index is 13.1. The number of carbonyl (C=O) groups excluding carboxylic acids is 1. The van der Waals surface area contributed by atoms with E-state index in [9.17, 15) is 13.2 Å². The molecule has 2 aromatic rings. The highest BCUT2D eigenvalue weighted by molar-refractivity contribution is 7.89. The topological polar surface area (TPSA) is 84.9 Å². The van der Waals surface area contributed by atoms with Crippen molar-refractivity contribution in [2.24, 2.45) is 0 Å². The monoisotopic (exact) mass is 500 g/mol. The van der Waals surface area contributed by atoms with Crippen molar-refractivity contribution >= 4 is 15.9 Å². The highest BCUT2D eigenvalue weighted by atomic mass is 32.2. The first-order valence-electron chi connectivity index (χ1n) is 12.3. The number of carbonyl (C=O) groups is 1. The van der Waals surface area contributed by atoms with Gasteiger partial charge in [-0.25, -0.2) is 8.42 Å². The summed E-state index contributed by atoms with van der Waals surface area (Å²) < 4.78 is 39.4. The Hall–Kier alpha value is -2.58. The Kier molecular flexibility index (Phi) is 7.43. The van der Waals surface area contributed by atoms with Gasteiger partial charge in [0.2, 0.25) is 15.9 Å². The number of benzene rings is 2. The lowest BCUT2D eigenvalue weighted by molar-refractivity contribution is -0.122. The van der Waals surface area contributed by atoms with Crippen molar-refractivity contribution in [1.29, 1.82) is 0 Å². The predicted molar refractivity (Wildman–Crippen MR) is 135 cm³/mol. The van der Waals surface area contributed by atoms with Crippen LogP contribution in [0, 0.1) is 6.92 Å². The van der Waals surface area contributed by atoms with E-state index in [2.05, 4.69) is 5.32 Å². The fraction of sp³-hybridized carbons (Fsp3) is 0.519. The maximum Gasteiger partial charge on any atom is 0.243 e. The maximum atomic E-state index is 13.1. The summed E-state index contributed by atoms with van der Waals surface area (Å²) in [4.78, 5) is 13.2. The summed E-state index contributed by atoms with van der Waals surface area (Å²) in [5.41, 5.74) is 2.41. The highest BCUT2D eigenvalue weighted by Gasteiger charge is 2.34. The summed E-state index contributed by atoms with van der Waals surface area (Å²) in [6.45, 7) is 7.17. The lowest BCUT2D eigenvalue weighted by atomic mass is 9.89. The molecule has 0 radical (unpaired) electrons. The van der Waals surface area contributed by atoms with Gasteiger partial charge in [0.1, 0.15) is 17.1 Å². The number of ether oxygens (including phenoxy) is 2. The van der Waals surface area contributed by atoms with Crippen LogP contribution in [0.15, 0.2) is 41.3 Å². The van der Waals surface area contributed by atoms with Gasteiger partial charge in [-0.1, -0.05) is 18.6 Å². The van der Waals surface area contributed by atoms with Crippen molar-refractivity contribution in [3.63, 3.8) is 0 Å². The van der Waals surface area contributed by atoms with Gasteiger partial charge in [-0.15, -0.1) is 0 Å². The molecule has 2 aliphatic rings. The molecule has 35 heavy (non-hydrogen) atoms. The van der Waals surface area contributed by atoms with Crippen LogP contribution in [-0.4, -0.2) is 44.4 Å². The Labute approximate surface area is 208 Å². The van der Waals surface area contributed by atoms with Gasteiger partial charge in [0.25, 0.3) is 0 Å². The molecular formula is C27H36N2O5S. The van der Waals surface area contributed by atoms with Gasteiger partial charge in [0.05, 0.1) is 18.0 Å². The first-order chi connectivity index (χ1) is 16.6. The molecule has 1 N–H and O–H groups in total. The zero-order valence-corrected chi connectivity index (χ0v) is 21.9. The second-order valence-electron chi connectivity index (χ2n) is 10.2. The van der Waals surface area contributed by atoms with Crippen molar-refractivity contribution in [1.82, 2.24) is 9.62 Å². The summed E-state index contributed by atoms with van der Waals surface area (Å²) >= 11 is 0. The molecule has 2 aromatic carbocycles. The van der Waals surface area contributed by atoms with Gasteiger partial charge in [-0.3, -0.25) is 4.79 Å². The molecule has 190 valence electrons. The molecule has 1 atom stereocenters. The Morgan fingerprint density at radius 1 is 1.14 bits per heavy atom. The fourth-order valence-electron chi connectivity index (χ4n) is 4.97. The van der Waals surface area contributed by atoms with E-state index in [1.165, 1.54) is 0 Å². The first kappa shape index (κ1) is 25.5. The van der Waals surface area contributed by atoms with E-state index in [0.717, 1.165) is 36.1 Å². The number of amides is 1. The Morgan fingerprint density at radius 2 is 1.89 bits per heavy atom. The number of hydrogen-bond donors (Lipinski definition) is 1. The van der Waals surface area contributed by atoms with E-state index in [-0.39, 0.29) is 28.9 Å². The molecule has 0 spiro atoms. The van der Waals surface area contributed by atoms with E-state index >= 15 is 0 Å². The predicted octanol–water partition coefficient (Wildman–Crippen LogP) is 4.53. The summed E-state index contributed by atoms with van der Waals surface area (Å²) in [5.74, 6) is 1.30. The molecule has 0 aromatic heterocycles. The minimum atomic E-state index is -3.56. The molecule has 1 saturated heterocycles. The highest BCUT2D eigenvalue weighted by Crippen LogP contribution is 2.40. The lowest BCUT2D eigenvalue weighted by Gasteiger charge is -2.38.